The molecule has 2 aliphatic carbocycles. The van der Waals surface area contributed by atoms with Gasteiger partial charge in [0.25, 0.3) is 0 Å². The highest BCUT2D eigenvalue weighted by molar-refractivity contribution is 6.61. The Morgan fingerprint density at radius 3 is 2.12 bits per heavy atom. The minimum atomic E-state index is -0.468. The maximum absolute atomic E-state index is 2.50. The minimum Gasteiger partial charge on any atom is -0.0837 e. The number of aryl methyl sites for hydroxylation is 1. The highest BCUT2D eigenvalue weighted by Crippen LogP contribution is 2.59. The van der Waals surface area contributed by atoms with Gasteiger partial charge < -0.3 is 0 Å². The molecular formula is C23H30Si. The molecule has 0 spiro atoms. The molecule has 0 heterocycles. The van der Waals surface area contributed by atoms with Gasteiger partial charge >= 0.3 is 0 Å². The molecule has 3 rings (SSSR count). The Morgan fingerprint density at radius 1 is 0.875 bits per heavy atom. The Bertz CT molecular complexity index is 773. The summed E-state index contributed by atoms with van der Waals surface area (Å²) >= 11 is 0. The maximum atomic E-state index is 2.50. The van der Waals surface area contributed by atoms with Gasteiger partial charge in [0.05, 0.1) is 9.52 Å². The summed E-state index contributed by atoms with van der Waals surface area (Å²) in [5.74, 6) is 0. The van der Waals surface area contributed by atoms with E-state index in [2.05, 4.69) is 90.1 Å². The first kappa shape index (κ1) is 17.2. The van der Waals surface area contributed by atoms with Crippen LogP contribution >= 0.6 is 0 Å². The average molecular weight is 335 g/mol. The van der Waals surface area contributed by atoms with Gasteiger partial charge in [-0.1, -0.05) is 89.5 Å². The molecule has 24 heavy (non-hydrogen) atoms. The maximum Gasteiger partial charge on any atom is 0.0839 e. The van der Waals surface area contributed by atoms with Crippen molar-refractivity contribution < 1.29 is 0 Å². The second-order valence-electron chi connectivity index (χ2n) is 8.05. The molecule has 0 N–H and O–H groups in total. The van der Waals surface area contributed by atoms with Gasteiger partial charge in [-0.05, 0) is 39.7 Å². The first-order valence-electron chi connectivity index (χ1n) is 9.08. The van der Waals surface area contributed by atoms with E-state index in [0.29, 0.717) is 0 Å². The van der Waals surface area contributed by atoms with Crippen molar-refractivity contribution in [3.05, 3.63) is 76.0 Å². The zero-order chi connectivity index (χ0) is 17.5. The quantitative estimate of drug-likeness (QED) is 0.687. The SMILES string of the molecule is CC1=C(C)C(C)(C2(C)C=CC=CC2)C([SiH2]c2ccc(C)cc2)=C1C. The van der Waals surface area contributed by atoms with Crippen LogP contribution in [-0.2, 0) is 0 Å². The first-order valence-corrected chi connectivity index (χ1v) is 10.5. The molecule has 0 amide bonds. The highest BCUT2D eigenvalue weighted by atomic mass is 28.2. The van der Waals surface area contributed by atoms with Crippen LogP contribution in [0.15, 0.2) is 70.5 Å². The second kappa shape index (κ2) is 6.04. The van der Waals surface area contributed by atoms with Crippen LogP contribution < -0.4 is 5.19 Å². The van der Waals surface area contributed by atoms with Crippen LogP contribution in [0.2, 0.25) is 0 Å². The summed E-state index contributed by atoms with van der Waals surface area (Å²) < 4.78 is 0. The predicted octanol–water partition coefficient (Wildman–Crippen LogP) is 4.94. The summed E-state index contributed by atoms with van der Waals surface area (Å²) in [6.45, 7) is 14.2. The number of hydrogen-bond donors (Lipinski definition) is 0. The third kappa shape index (κ3) is 2.50. The summed E-state index contributed by atoms with van der Waals surface area (Å²) in [4.78, 5) is 0. The molecule has 1 aromatic rings. The van der Waals surface area contributed by atoms with E-state index in [1.165, 1.54) is 11.1 Å². The molecule has 0 nitrogen and oxygen atoms in total. The van der Waals surface area contributed by atoms with Gasteiger partial charge in [0.1, 0.15) is 0 Å². The standard InChI is InChI=1S/C23H30Si/c1-16-10-12-20(13-11-16)24-21-18(3)17(2)19(4)23(21,6)22(5)14-8-7-9-15-22/h7-14H,15,24H2,1-6H3. The van der Waals surface area contributed by atoms with E-state index in [4.69, 9.17) is 0 Å². The van der Waals surface area contributed by atoms with Gasteiger partial charge in [0, 0.05) is 10.8 Å². The van der Waals surface area contributed by atoms with Gasteiger partial charge in [0.2, 0.25) is 0 Å². The molecule has 1 aromatic carbocycles. The van der Waals surface area contributed by atoms with E-state index in [9.17, 15) is 0 Å². The summed E-state index contributed by atoms with van der Waals surface area (Å²) in [6, 6.07) is 9.24. The Labute approximate surface area is 149 Å². The van der Waals surface area contributed by atoms with E-state index in [0.717, 1.165) is 6.42 Å². The lowest BCUT2D eigenvalue weighted by Gasteiger charge is -2.47. The van der Waals surface area contributed by atoms with E-state index in [1.54, 1.807) is 21.5 Å². The van der Waals surface area contributed by atoms with Gasteiger partial charge in [0.15, 0.2) is 0 Å². The number of benzene rings is 1. The largest absolute Gasteiger partial charge is 0.0839 e. The third-order valence-electron chi connectivity index (χ3n) is 6.83. The fourth-order valence-corrected chi connectivity index (χ4v) is 7.01. The highest BCUT2D eigenvalue weighted by Gasteiger charge is 2.50. The van der Waals surface area contributed by atoms with E-state index >= 15 is 0 Å². The number of hydrogen-bond acceptors (Lipinski definition) is 0. The molecule has 0 aromatic heterocycles. The lowest BCUT2D eigenvalue weighted by molar-refractivity contribution is 0.224. The molecule has 0 fully saturated rings. The predicted molar refractivity (Wildman–Crippen MR) is 110 cm³/mol. The second-order valence-corrected chi connectivity index (χ2v) is 9.93. The normalized spacial score (nSPS) is 30.2. The Morgan fingerprint density at radius 2 is 1.54 bits per heavy atom. The molecule has 0 saturated carbocycles. The van der Waals surface area contributed by atoms with E-state index in [1.807, 2.05) is 0 Å². The topological polar surface area (TPSA) is 0 Å². The number of rotatable bonds is 3. The van der Waals surface area contributed by atoms with Crippen LogP contribution in [0.25, 0.3) is 0 Å². The summed E-state index contributed by atoms with van der Waals surface area (Å²) in [6.07, 6.45) is 10.4. The lowest BCUT2D eigenvalue weighted by atomic mass is 9.60. The molecule has 1 heteroatoms. The van der Waals surface area contributed by atoms with Crippen molar-refractivity contribution >= 4 is 14.7 Å². The fourth-order valence-electron chi connectivity index (χ4n) is 4.57. The molecular weight excluding hydrogens is 304 g/mol. The lowest BCUT2D eigenvalue weighted by Crippen LogP contribution is -2.41. The van der Waals surface area contributed by atoms with Crippen molar-refractivity contribution in [2.24, 2.45) is 10.8 Å². The molecule has 0 radical (unpaired) electrons. The Balaban J connectivity index is 2.07. The van der Waals surface area contributed by atoms with E-state index < -0.39 is 9.52 Å². The van der Waals surface area contributed by atoms with Gasteiger partial charge in [-0.25, -0.2) is 0 Å². The van der Waals surface area contributed by atoms with Crippen molar-refractivity contribution in [1.82, 2.24) is 0 Å². The van der Waals surface area contributed by atoms with Crippen LogP contribution in [0.5, 0.6) is 0 Å². The van der Waals surface area contributed by atoms with Crippen molar-refractivity contribution in [3.8, 4) is 0 Å². The van der Waals surface area contributed by atoms with Crippen molar-refractivity contribution in [3.63, 3.8) is 0 Å². The third-order valence-corrected chi connectivity index (χ3v) is 9.30. The fraction of sp³-hybridized carbons (Fsp3) is 0.391. The molecule has 0 aliphatic heterocycles. The van der Waals surface area contributed by atoms with Crippen LogP contribution in [0.4, 0.5) is 0 Å². The molecule has 126 valence electrons. The molecule has 2 aliphatic rings. The smallest absolute Gasteiger partial charge is 0.0837 e. The summed E-state index contributed by atoms with van der Waals surface area (Å²) in [7, 11) is -0.468. The zero-order valence-electron chi connectivity index (χ0n) is 16.0. The number of allylic oxidation sites excluding steroid dienone is 8. The Kier molecular flexibility index (Phi) is 4.33. The first-order chi connectivity index (χ1) is 11.3. The average Bonchev–Trinajstić information content (AvgIpc) is 2.74. The zero-order valence-corrected chi connectivity index (χ0v) is 17.4. The van der Waals surface area contributed by atoms with Crippen molar-refractivity contribution in [1.29, 1.82) is 0 Å². The molecule has 2 unspecified atom stereocenters. The van der Waals surface area contributed by atoms with Crippen LogP contribution in [0, 0.1) is 17.8 Å². The van der Waals surface area contributed by atoms with Gasteiger partial charge in [-0.2, -0.15) is 0 Å². The van der Waals surface area contributed by atoms with Gasteiger partial charge in [-0.15, -0.1) is 0 Å². The van der Waals surface area contributed by atoms with E-state index in [-0.39, 0.29) is 10.8 Å². The van der Waals surface area contributed by atoms with Crippen LogP contribution in [-0.4, -0.2) is 9.52 Å². The van der Waals surface area contributed by atoms with Crippen LogP contribution in [0.1, 0.15) is 46.6 Å². The molecule has 0 saturated heterocycles. The van der Waals surface area contributed by atoms with Crippen LogP contribution in [0.3, 0.4) is 0 Å². The Hall–Kier alpha value is -1.60. The summed E-state index contributed by atoms with van der Waals surface area (Å²) in [5, 5.41) is 3.30. The summed E-state index contributed by atoms with van der Waals surface area (Å²) in [5.41, 5.74) is 6.35. The molecule has 0 bridgehead atoms. The minimum absolute atomic E-state index is 0.152. The van der Waals surface area contributed by atoms with Crippen molar-refractivity contribution in [2.75, 3.05) is 0 Å². The van der Waals surface area contributed by atoms with Gasteiger partial charge in [-0.3, -0.25) is 0 Å². The molecule has 2 atom stereocenters. The van der Waals surface area contributed by atoms with Crippen molar-refractivity contribution in [2.45, 2.75) is 48.0 Å². The monoisotopic (exact) mass is 334 g/mol.